The summed E-state index contributed by atoms with van der Waals surface area (Å²) in [6, 6.07) is 0. The first kappa shape index (κ1) is 9.87. The van der Waals surface area contributed by atoms with Crippen LogP contribution in [0.1, 0.15) is 6.92 Å². The minimum absolute atomic E-state index is 0. The van der Waals surface area contributed by atoms with E-state index in [-0.39, 0.29) is 6.15 Å². The highest BCUT2D eigenvalue weighted by Gasteiger charge is 1.90. The highest BCUT2D eigenvalue weighted by molar-refractivity contribution is 6.28. The molecule has 0 saturated heterocycles. The van der Waals surface area contributed by atoms with Gasteiger partial charge < -0.3 is 16.1 Å². The van der Waals surface area contributed by atoms with Gasteiger partial charge in [0, 0.05) is 0 Å². The Bertz CT molecular complexity index is 64.0. The van der Waals surface area contributed by atoms with Crippen LogP contribution < -0.4 is 11.3 Å². The third kappa shape index (κ3) is 5.72. The van der Waals surface area contributed by atoms with Gasteiger partial charge in [0.25, 0.3) is 0 Å². The summed E-state index contributed by atoms with van der Waals surface area (Å²) in [6.45, 7) is 1.34. The molecule has 0 bridgehead atoms. The van der Waals surface area contributed by atoms with Gasteiger partial charge >= 0.3 is 0 Å². The molecule has 0 heterocycles. The van der Waals surface area contributed by atoms with Crippen molar-refractivity contribution in [2.45, 2.75) is 12.3 Å². The molecule has 0 rings (SSSR count). The Morgan fingerprint density at radius 1 is 1.86 bits per heavy atom. The maximum Gasteiger partial charge on any atom is 0.0702 e. The summed E-state index contributed by atoms with van der Waals surface area (Å²) < 4.78 is 0. The summed E-state index contributed by atoms with van der Waals surface area (Å²) in [5.41, 5.74) is 0. The topological polar surface area (TPSA) is 76.6 Å². The lowest BCUT2D eigenvalue weighted by molar-refractivity contribution is -0.304. The van der Waals surface area contributed by atoms with Gasteiger partial charge in [-0.05, 0) is 6.92 Å². The van der Waals surface area contributed by atoms with Crippen molar-refractivity contribution in [1.82, 2.24) is 6.15 Å². The minimum atomic E-state index is -1.23. The highest BCUT2D eigenvalue weighted by atomic mass is 35.5. The molecule has 44 valence electrons. The Balaban J connectivity index is 0. The Labute approximate surface area is 46.9 Å². The molecule has 0 aromatic rings. The first-order chi connectivity index (χ1) is 2.64. The smallest absolute Gasteiger partial charge is 0.0702 e. The number of halogens is 1. The Hall–Kier alpha value is -0.280. The summed E-state index contributed by atoms with van der Waals surface area (Å²) in [4.78, 5) is 9.46. The van der Waals surface area contributed by atoms with Crippen LogP contribution in [-0.4, -0.2) is 11.3 Å². The normalized spacial score (nSPS) is 11.7. The second-order valence-electron chi connectivity index (χ2n) is 0.935. The number of quaternary nitrogens is 1. The van der Waals surface area contributed by atoms with Gasteiger partial charge in [-0.25, -0.2) is 0 Å². The van der Waals surface area contributed by atoms with Gasteiger partial charge in [-0.1, -0.05) is 0 Å². The van der Waals surface area contributed by atoms with Crippen molar-refractivity contribution in [3.8, 4) is 0 Å². The van der Waals surface area contributed by atoms with E-state index >= 15 is 0 Å². The number of rotatable bonds is 1. The van der Waals surface area contributed by atoms with Crippen molar-refractivity contribution >= 4 is 17.6 Å². The lowest BCUT2D eigenvalue weighted by Crippen LogP contribution is -2.29. The van der Waals surface area contributed by atoms with E-state index in [4.69, 9.17) is 11.6 Å². The summed E-state index contributed by atoms with van der Waals surface area (Å²) >= 11 is 4.95. The molecule has 0 radical (unpaired) electrons. The van der Waals surface area contributed by atoms with E-state index in [2.05, 4.69) is 0 Å². The standard InChI is InChI=1S/C3H5ClO2.H3N/c1-2(4)3(5)6;/h2H,1H3,(H,5,6);1H3. The van der Waals surface area contributed by atoms with E-state index in [9.17, 15) is 9.90 Å². The fourth-order valence-corrected chi connectivity index (χ4v) is 0. The Morgan fingerprint density at radius 3 is 2.00 bits per heavy atom. The van der Waals surface area contributed by atoms with Gasteiger partial charge in [0.05, 0.1) is 11.3 Å². The third-order valence-electron chi connectivity index (χ3n) is 0.325. The first-order valence-electron chi connectivity index (χ1n) is 1.49. The van der Waals surface area contributed by atoms with Gasteiger partial charge in [0.2, 0.25) is 0 Å². The van der Waals surface area contributed by atoms with Crippen LogP contribution in [-0.2, 0) is 4.79 Å². The zero-order valence-electron chi connectivity index (χ0n) is 4.27. The highest BCUT2D eigenvalue weighted by Crippen LogP contribution is 1.86. The van der Waals surface area contributed by atoms with Crippen LogP contribution in [0.3, 0.4) is 0 Å². The molecule has 0 fully saturated rings. The zero-order valence-corrected chi connectivity index (χ0v) is 5.03. The molecule has 0 aliphatic heterocycles. The number of carboxylic acids is 1. The van der Waals surface area contributed by atoms with Crippen LogP contribution in [0.2, 0.25) is 0 Å². The monoisotopic (exact) mass is 125 g/mol. The predicted octanol–water partition coefficient (Wildman–Crippen LogP) is -0.260. The lowest BCUT2D eigenvalue weighted by atomic mass is 10.5. The van der Waals surface area contributed by atoms with Crippen LogP contribution in [0.15, 0.2) is 0 Å². The fourth-order valence-electron chi connectivity index (χ4n) is 0. The van der Waals surface area contributed by atoms with E-state index in [0.717, 1.165) is 0 Å². The molecule has 0 aromatic heterocycles. The lowest BCUT2D eigenvalue weighted by Gasteiger charge is -1.98. The number of carboxylic acid groups (broad SMARTS) is 1. The molecule has 0 aliphatic carbocycles. The third-order valence-corrected chi connectivity index (χ3v) is 0.503. The fraction of sp³-hybridized carbons (Fsp3) is 0.667. The molecule has 0 saturated carbocycles. The average molecular weight is 126 g/mol. The minimum Gasteiger partial charge on any atom is -0.549 e. The second kappa shape index (κ2) is 3.89. The molecule has 0 spiro atoms. The summed E-state index contributed by atoms with van der Waals surface area (Å²) in [5, 5.41) is 8.59. The Morgan fingerprint density at radius 2 is 2.00 bits per heavy atom. The maximum absolute atomic E-state index is 9.46. The van der Waals surface area contributed by atoms with Crippen LogP contribution in [0.25, 0.3) is 0 Å². The maximum atomic E-state index is 9.46. The van der Waals surface area contributed by atoms with Crippen molar-refractivity contribution in [2.75, 3.05) is 0 Å². The van der Waals surface area contributed by atoms with Crippen LogP contribution >= 0.6 is 11.6 Å². The molecular formula is C3H8ClNO2. The van der Waals surface area contributed by atoms with Crippen molar-refractivity contribution in [1.29, 1.82) is 0 Å². The Kier molecular flexibility index (Phi) is 5.49. The van der Waals surface area contributed by atoms with Gasteiger partial charge in [-0.15, -0.1) is 11.6 Å². The van der Waals surface area contributed by atoms with E-state index in [1.807, 2.05) is 0 Å². The van der Waals surface area contributed by atoms with E-state index in [1.165, 1.54) is 6.92 Å². The van der Waals surface area contributed by atoms with Crippen LogP contribution in [0.5, 0.6) is 0 Å². The van der Waals surface area contributed by atoms with Crippen molar-refractivity contribution < 1.29 is 9.90 Å². The number of hydrogen-bond acceptors (Lipinski definition) is 2. The molecular weight excluding hydrogens is 117 g/mol. The number of carbonyl (C=O) groups is 1. The largest absolute Gasteiger partial charge is 0.549 e. The van der Waals surface area contributed by atoms with Gasteiger partial charge in [-0.2, -0.15) is 0 Å². The van der Waals surface area contributed by atoms with Crippen LogP contribution in [0, 0.1) is 0 Å². The summed E-state index contributed by atoms with van der Waals surface area (Å²) in [6.07, 6.45) is 0. The van der Waals surface area contributed by atoms with Crippen molar-refractivity contribution in [3.05, 3.63) is 0 Å². The van der Waals surface area contributed by atoms with Crippen LogP contribution in [0.4, 0.5) is 0 Å². The number of aliphatic carboxylic acids is 1. The molecule has 1 unspecified atom stereocenters. The number of carbonyl (C=O) groups excluding carboxylic acids is 1. The van der Waals surface area contributed by atoms with E-state index < -0.39 is 11.3 Å². The van der Waals surface area contributed by atoms with Crippen molar-refractivity contribution in [2.24, 2.45) is 0 Å². The van der Waals surface area contributed by atoms with E-state index in [0.29, 0.717) is 0 Å². The second-order valence-corrected chi connectivity index (χ2v) is 1.59. The van der Waals surface area contributed by atoms with Gasteiger partial charge in [0.15, 0.2) is 0 Å². The molecule has 1 atom stereocenters. The van der Waals surface area contributed by atoms with E-state index in [1.54, 1.807) is 0 Å². The summed E-state index contributed by atoms with van der Waals surface area (Å²) in [5.74, 6) is -1.23. The number of alkyl halides is 1. The summed E-state index contributed by atoms with van der Waals surface area (Å²) in [7, 11) is 0. The molecule has 4 N–H and O–H groups in total. The van der Waals surface area contributed by atoms with Gasteiger partial charge in [-0.3, -0.25) is 0 Å². The zero-order chi connectivity index (χ0) is 5.15. The SMILES string of the molecule is CC(Cl)C(=O)[O-].[NH4+]. The predicted molar refractivity (Wildman–Crippen MR) is 26.3 cm³/mol. The molecule has 0 aliphatic rings. The van der Waals surface area contributed by atoms with Gasteiger partial charge in [0.1, 0.15) is 0 Å². The first-order valence-corrected chi connectivity index (χ1v) is 1.93. The number of hydrogen-bond donors (Lipinski definition) is 1. The average Bonchev–Trinajstić information content (AvgIpc) is 1.36. The quantitative estimate of drug-likeness (QED) is 0.490. The molecule has 7 heavy (non-hydrogen) atoms. The molecule has 4 heteroatoms. The molecule has 0 aromatic carbocycles. The van der Waals surface area contributed by atoms with Crippen molar-refractivity contribution in [3.63, 3.8) is 0 Å². The molecule has 3 nitrogen and oxygen atoms in total. The molecule has 0 amide bonds.